The number of fused-ring (bicyclic) bond motifs is 2. The zero-order valence-corrected chi connectivity index (χ0v) is 24.8. The minimum absolute atomic E-state index is 0.0762. The second-order valence-corrected chi connectivity index (χ2v) is 13.1. The number of likely N-dealkylation sites (N-methyl/N-ethyl adjacent to an activating group) is 1. The summed E-state index contributed by atoms with van der Waals surface area (Å²) in [4.78, 5) is 15.1. The topological polar surface area (TPSA) is 77.9 Å². The number of halogens is 2. The van der Waals surface area contributed by atoms with Gasteiger partial charge in [0.05, 0.1) is 22.7 Å². The van der Waals surface area contributed by atoms with Gasteiger partial charge in [-0.05, 0) is 83.3 Å². The number of carbonyl (C=O) groups is 1. The number of hydrogen-bond donors (Lipinski definition) is 1. The van der Waals surface area contributed by atoms with Crippen molar-refractivity contribution in [2.45, 2.75) is 43.7 Å². The lowest BCUT2D eigenvalue weighted by molar-refractivity contribution is -0.133. The van der Waals surface area contributed by atoms with E-state index in [0.717, 1.165) is 27.5 Å². The highest BCUT2D eigenvalue weighted by Crippen LogP contribution is 2.41. The molecule has 208 valence electrons. The molecule has 0 saturated heterocycles. The second-order valence-electron chi connectivity index (χ2n) is 10.4. The van der Waals surface area contributed by atoms with Gasteiger partial charge in [0, 0.05) is 36.5 Å². The van der Waals surface area contributed by atoms with Crippen molar-refractivity contribution in [2.24, 2.45) is 0 Å². The van der Waals surface area contributed by atoms with Crippen LogP contribution in [0.4, 0.5) is 5.69 Å². The Kier molecular flexibility index (Phi) is 7.86. The normalized spacial score (nSPS) is 16.6. The SMILES string of the molecule is Cc1cc(C)cc(N(CCC(=O)N(C)C2c3cc(Cl)cc(Cl)c3CC2O)S(=O)(=O)c2ccc3ccccc3c2)c1. The molecule has 0 heterocycles. The monoisotopic (exact) mass is 596 g/mol. The van der Waals surface area contributed by atoms with Crippen LogP contribution in [-0.4, -0.2) is 44.0 Å². The number of hydrogen-bond acceptors (Lipinski definition) is 4. The summed E-state index contributed by atoms with van der Waals surface area (Å²) in [5.41, 5.74) is 3.79. The number of rotatable bonds is 7. The van der Waals surface area contributed by atoms with E-state index in [1.54, 1.807) is 49.5 Å². The molecule has 4 aromatic carbocycles. The number of anilines is 1. The first-order valence-corrected chi connectivity index (χ1v) is 15.2. The van der Waals surface area contributed by atoms with Crippen molar-refractivity contribution in [3.8, 4) is 0 Å². The maximum Gasteiger partial charge on any atom is 0.264 e. The third-order valence-corrected chi connectivity index (χ3v) is 9.81. The van der Waals surface area contributed by atoms with E-state index >= 15 is 0 Å². The van der Waals surface area contributed by atoms with Gasteiger partial charge in [0.1, 0.15) is 0 Å². The van der Waals surface area contributed by atoms with Gasteiger partial charge in [-0.25, -0.2) is 8.42 Å². The van der Waals surface area contributed by atoms with Gasteiger partial charge in [-0.1, -0.05) is 59.6 Å². The Labute approximate surface area is 244 Å². The number of nitrogens with zero attached hydrogens (tertiary/aromatic N) is 2. The molecule has 1 amide bonds. The second kappa shape index (κ2) is 11.1. The third kappa shape index (κ3) is 5.44. The molecule has 40 heavy (non-hydrogen) atoms. The fraction of sp³-hybridized carbons (Fsp3) is 0.258. The number of amides is 1. The van der Waals surface area contributed by atoms with Gasteiger partial charge in [-0.2, -0.15) is 0 Å². The fourth-order valence-electron chi connectivity index (χ4n) is 5.56. The maximum atomic E-state index is 14.1. The fourth-order valence-corrected chi connectivity index (χ4v) is 7.64. The average Bonchev–Trinajstić information content (AvgIpc) is 3.23. The van der Waals surface area contributed by atoms with E-state index in [2.05, 4.69) is 0 Å². The zero-order valence-electron chi connectivity index (χ0n) is 22.4. The summed E-state index contributed by atoms with van der Waals surface area (Å²) in [7, 11) is -2.40. The maximum absolute atomic E-state index is 14.1. The van der Waals surface area contributed by atoms with Gasteiger partial charge in [-0.3, -0.25) is 9.10 Å². The summed E-state index contributed by atoms with van der Waals surface area (Å²) >= 11 is 12.6. The van der Waals surface area contributed by atoms with E-state index < -0.39 is 22.2 Å². The van der Waals surface area contributed by atoms with Gasteiger partial charge in [0.2, 0.25) is 5.91 Å². The molecule has 5 rings (SSSR count). The quantitative estimate of drug-likeness (QED) is 0.265. The van der Waals surface area contributed by atoms with Crippen LogP contribution in [0.25, 0.3) is 10.8 Å². The molecule has 0 aliphatic heterocycles. The van der Waals surface area contributed by atoms with Crippen LogP contribution in [0.3, 0.4) is 0 Å². The van der Waals surface area contributed by atoms with Gasteiger partial charge in [0.25, 0.3) is 10.0 Å². The zero-order chi connectivity index (χ0) is 28.8. The Morgan fingerprint density at radius 3 is 2.33 bits per heavy atom. The molecule has 0 aromatic heterocycles. The molecule has 4 aromatic rings. The smallest absolute Gasteiger partial charge is 0.264 e. The summed E-state index contributed by atoms with van der Waals surface area (Å²) in [6.45, 7) is 3.74. The van der Waals surface area contributed by atoms with Crippen molar-refractivity contribution in [2.75, 3.05) is 17.9 Å². The van der Waals surface area contributed by atoms with E-state index in [4.69, 9.17) is 23.2 Å². The minimum Gasteiger partial charge on any atom is -0.390 e. The van der Waals surface area contributed by atoms with Crippen molar-refractivity contribution in [3.63, 3.8) is 0 Å². The van der Waals surface area contributed by atoms with Crippen molar-refractivity contribution in [3.05, 3.63) is 105 Å². The van der Waals surface area contributed by atoms with Gasteiger partial charge >= 0.3 is 0 Å². The van der Waals surface area contributed by atoms with Crippen LogP contribution in [0, 0.1) is 13.8 Å². The molecule has 0 bridgehead atoms. The molecule has 0 fully saturated rings. The average molecular weight is 598 g/mol. The molecule has 0 radical (unpaired) electrons. The first-order valence-electron chi connectivity index (χ1n) is 13.0. The number of aryl methyl sites for hydroxylation is 2. The van der Waals surface area contributed by atoms with Gasteiger partial charge in [0.15, 0.2) is 0 Å². The highest BCUT2D eigenvalue weighted by atomic mass is 35.5. The number of sulfonamides is 1. The summed E-state index contributed by atoms with van der Waals surface area (Å²) in [5.74, 6) is -0.309. The Hall–Kier alpha value is -3.10. The van der Waals surface area contributed by atoms with Crippen LogP contribution in [0.1, 0.15) is 34.7 Å². The lowest BCUT2D eigenvalue weighted by atomic mass is 10.1. The predicted molar refractivity (Wildman–Crippen MR) is 161 cm³/mol. The number of aliphatic hydroxyl groups excluding tert-OH is 1. The summed E-state index contributed by atoms with van der Waals surface area (Å²) in [6, 6.07) is 20.9. The van der Waals surface area contributed by atoms with Crippen molar-refractivity contribution in [1.82, 2.24) is 4.90 Å². The largest absolute Gasteiger partial charge is 0.390 e. The first-order chi connectivity index (χ1) is 19.0. The standard InChI is InChI=1S/C31H30Cl2N2O4S/c1-19-12-20(2)14-24(13-19)35(40(38,39)25-9-8-21-6-4-5-7-22(21)15-25)11-10-30(37)34(3)31-27-16-23(32)17-28(33)26(27)18-29(31)36/h4-9,12-17,29,31,36H,10-11,18H2,1-3H3. The van der Waals surface area contributed by atoms with Crippen molar-refractivity contribution >= 4 is 55.6 Å². The molecule has 2 atom stereocenters. The number of aliphatic hydroxyl groups is 1. The van der Waals surface area contributed by atoms with E-state index in [0.29, 0.717) is 27.7 Å². The summed E-state index contributed by atoms with van der Waals surface area (Å²) < 4.78 is 29.4. The van der Waals surface area contributed by atoms with E-state index in [1.807, 2.05) is 44.2 Å². The molecule has 2 unspecified atom stereocenters. The van der Waals surface area contributed by atoms with Gasteiger partial charge in [-0.15, -0.1) is 0 Å². The van der Waals surface area contributed by atoms with Crippen LogP contribution >= 0.6 is 23.2 Å². The van der Waals surface area contributed by atoms with Crippen LogP contribution < -0.4 is 4.31 Å². The van der Waals surface area contributed by atoms with E-state index in [9.17, 15) is 18.3 Å². The highest BCUT2D eigenvalue weighted by molar-refractivity contribution is 7.92. The van der Waals surface area contributed by atoms with Crippen LogP contribution in [0.2, 0.25) is 10.0 Å². The Balaban J connectivity index is 1.46. The molecule has 1 aliphatic carbocycles. The predicted octanol–water partition coefficient (Wildman–Crippen LogP) is 6.47. The molecule has 1 aliphatic rings. The lowest BCUT2D eigenvalue weighted by Gasteiger charge is -2.30. The molecule has 6 nitrogen and oxygen atoms in total. The van der Waals surface area contributed by atoms with Crippen LogP contribution in [0.5, 0.6) is 0 Å². The highest BCUT2D eigenvalue weighted by Gasteiger charge is 2.38. The van der Waals surface area contributed by atoms with Gasteiger partial charge < -0.3 is 10.0 Å². The minimum atomic E-state index is -4.01. The molecule has 1 N–H and O–H groups in total. The molecule has 0 spiro atoms. The molecule has 0 saturated carbocycles. The van der Waals surface area contributed by atoms with Crippen LogP contribution in [0.15, 0.2) is 77.7 Å². The van der Waals surface area contributed by atoms with E-state index in [1.165, 1.54) is 9.21 Å². The Bertz CT molecular complexity index is 1700. The van der Waals surface area contributed by atoms with Crippen LogP contribution in [-0.2, 0) is 21.2 Å². The number of carbonyl (C=O) groups excluding carboxylic acids is 1. The molecule has 9 heteroatoms. The number of benzene rings is 4. The van der Waals surface area contributed by atoms with E-state index in [-0.39, 0.29) is 23.8 Å². The Morgan fingerprint density at radius 2 is 1.62 bits per heavy atom. The lowest BCUT2D eigenvalue weighted by Crippen LogP contribution is -2.39. The van der Waals surface area contributed by atoms with Crippen molar-refractivity contribution in [1.29, 1.82) is 0 Å². The third-order valence-electron chi connectivity index (χ3n) is 7.43. The molecular weight excluding hydrogens is 567 g/mol. The summed E-state index contributed by atoms with van der Waals surface area (Å²) in [6.07, 6.45) is -0.640. The Morgan fingerprint density at radius 1 is 0.950 bits per heavy atom. The van der Waals surface area contributed by atoms with Crippen molar-refractivity contribution < 1.29 is 18.3 Å². The summed E-state index contributed by atoms with van der Waals surface area (Å²) in [5, 5.41) is 13.4. The molecular formula is C31H30Cl2N2O4S. The first kappa shape index (κ1) is 28.4.